The Bertz CT molecular complexity index is 977. The number of unbranched alkanes of at least 4 members (excludes halogenated alkanes) is 26. The fourth-order valence-electron chi connectivity index (χ4n) is 6.99. The summed E-state index contributed by atoms with van der Waals surface area (Å²) in [4.78, 5) is 12.4. The Morgan fingerprint density at radius 3 is 1.25 bits per heavy atom. The van der Waals surface area contributed by atoms with E-state index in [4.69, 9.17) is 0 Å². The van der Waals surface area contributed by atoms with Gasteiger partial charge in [0.05, 0.1) is 18.8 Å². The van der Waals surface area contributed by atoms with E-state index < -0.39 is 12.1 Å². The summed E-state index contributed by atoms with van der Waals surface area (Å²) in [6.45, 7) is 4.18. The molecule has 2 atom stereocenters. The molecule has 1 amide bonds. The molecule has 2 unspecified atom stereocenters. The molecule has 0 aliphatic heterocycles. The summed E-state index contributed by atoms with van der Waals surface area (Å²) >= 11 is 0. The predicted octanol–water partition coefficient (Wildman–Crippen LogP) is 15.5. The van der Waals surface area contributed by atoms with Crippen molar-refractivity contribution in [1.29, 1.82) is 0 Å². The summed E-state index contributed by atoms with van der Waals surface area (Å²) in [5.74, 6) is -0.0970. The molecule has 0 saturated carbocycles. The highest BCUT2D eigenvalue weighted by Gasteiger charge is 2.17. The highest BCUT2D eigenvalue weighted by Crippen LogP contribution is 2.15. The van der Waals surface area contributed by atoms with Crippen molar-refractivity contribution in [2.75, 3.05) is 6.61 Å². The van der Waals surface area contributed by atoms with Gasteiger partial charge in [-0.15, -0.1) is 0 Å². The molecule has 3 N–H and O–H groups in total. The zero-order valence-electron chi connectivity index (χ0n) is 37.1. The molecule has 0 saturated heterocycles. The molecule has 56 heavy (non-hydrogen) atoms. The summed E-state index contributed by atoms with van der Waals surface area (Å²) in [5, 5.41) is 23.0. The maximum atomic E-state index is 12.4. The third-order valence-electron chi connectivity index (χ3n) is 10.7. The van der Waals surface area contributed by atoms with E-state index in [2.05, 4.69) is 79.9 Å². The third kappa shape index (κ3) is 43.0. The largest absolute Gasteiger partial charge is 0.394 e. The fourth-order valence-corrected chi connectivity index (χ4v) is 6.99. The van der Waals surface area contributed by atoms with Gasteiger partial charge in [0.2, 0.25) is 5.91 Å². The number of aliphatic hydroxyl groups excluding tert-OH is 2. The summed E-state index contributed by atoms with van der Waals surface area (Å²) in [5.41, 5.74) is 0. The van der Waals surface area contributed by atoms with E-state index >= 15 is 0 Å². The van der Waals surface area contributed by atoms with Crippen LogP contribution in [0.15, 0.2) is 72.9 Å². The molecule has 0 rings (SSSR count). The average Bonchev–Trinajstić information content (AvgIpc) is 3.20. The molecule has 0 fully saturated rings. The van der Waals surface area contributed by atoms with Crippen LogP contribution in [0.5, 0.6) is 0 Å². The van der Waals surface area contributed by atoms with Crippen LogP contribution in [-0.4, -0.2) is 34.9 Å². The van der Waals surface area contributed by atoms with Crippen molar-refractivity contribution in [3.8, 4) is 0 Å². The number of amides is 1. The molecule has 324 valence electrons. The summed E-state index contributed by atoms with van der Waals surface area (Å²) in [6.07, 6.45) is 67.5. The Morgan fingerprint density at radius 2 is 0.804 bits per heavy atom. The van der Waals surface area contributed by atoms with Crippen molar-refractivity contribution in [1.82, 2.24) is 5.32 Å². The highest BCUT2D eigenvalue weighted by atomic mass is 16.3. The second kappa shape index (κ2) is 47.2. The number of carbonyl (C=O) groups is 1. The number of rotatable bonds is 43. The quantitative estimate of drug-likeness (QED) is 0.0426. The second-order valence-electron chi connectivity index (χ2n) is 16.1. The van der Waals surface area contributed by atoms with Gasteiger partial charge in [0, 0.05) is 6.42 Å². The normalized spacial score (nSPS) is 13.6. The van der Waals surface area contributed by atoms with Gasteiger partial charge in [-0.25, -0.2) is 0 Å². The standard InChI is InChI=1S/C52H93NO3/c1-3-5-7-9-11-13-15-17-19-20-21-22-23-24-25-26-27-28-29-30-31-32-34-35-37-39-41-43-45-47-51(55)50(49-54)53-52(56)48-46-44-42-40-38-36-33-18-16-14-12-10-8-6-4-2/h6,8,12,14,18,31-33,37,39,45,47,50-51,54-55H,3-5,7,9-11,13,15-17,19-30,34-36,38,40-44,46,48-49H2,1-2H3,(H,53,56)/b8-6-,14-12-,32-31+,33-18-,39-37+,47-45+. The molecular formula is C52H93NO3. The van der Waals surface area contributed by atoms with Gasteiger partial charge in [-0.05, 0) is 77.0 Å². The molecule has 0 aromatic heterocycles. The van der Waals surface area contributed by atoms with Crippen LogP contribution >= 0.6 is 0 Å². The number of nitrogens with one attached hydrogen (secondary N) is 1. The first-order valence-corrected chi connectivity index (χ1v) is 24.2. The van der Waals surface area contributed by atoms with Crippen LogP contribution in [0.4, 0.5) is 0 Å². The molecule has 0 aliphatic carbocycles. The van der Waals surface area contributed by atoms with E-state index in [0.717, 1.165) is 70.6 Å². The van der Waals surface area contributed by atoms with Gasteiger partial charge >= 0.3 is 0 Å². The van der Waals surface area contributed by atoms with Gasteiger partial charge in [0.25, 0.3) is 0 Å². The average molecular weight is 780 g/mol. The van der Waals surface area contributed by atoms with E-state index in [1.54, 1.807) is 6.08 Å². The van der Waals surface area contributed by atoms with Crippen molar-refractivity contribution in [3.05, 3.63) is 72.9 Å². The summed E-state index contributed by atoms with van der Waals surface area (Å²) < 4.78 is 0. The Morgan fingerprint density at radius 1 is 0.446 bits per heavy atom. The Labute approximate surface area is 349 Å². The maximum Gasteiger partial charge on any atom is 0.220 e. The lowest BCUT2D eigenvalue weighted by atomic mass is 10.0. The predicted molar refractivity (Wildman–Crippen MR) is 248 cm³/mol. The number of hydrogen-bond donors (Lipinski definition) is 3. The minimum Gasteiger partial charge on any atom is -0.394 e. The number of carbonyl (C=O) groups excluding carboxylic acids is 1. The first-order valence-electron chi connectivity index (χ1n) is 24.2. The van der Waals surface area contributed by atoms with E-state index in [1.807, 2.05) is 6.08 Å². The van der Waals surface area contributed by atoms with Crippen LogP contribution in [-0.2, 0) is 4.79 Å². The van der Waals surface area contributed by atoms with Crippen LogP contribution < -0.4 is 5.32 Å². The number of aliphatic hydroxyl groups is 2. The van der Waals surface area contributed by atoms with E-state index in [9.17, 15) is 15.0 Å². The zero-order chi connectivity index (χ0) is 40.7. The molecule has 0 radical (unpaired) electrons. The zero-order valence-corrected chi connectivity index (χ0v) is 37.1. The number of allylic oxidation sites excluding steroid dienone is 11. The van der Waals surface area contributed by atoms with Crippen LogP contribution in [0.1, 0.15) is 232 Å². The molecule has 0 heterocycles. The minimum absolute atomic E-state index is 0.0970. The van der Waals surface area contributed by atoms with Gasteiger partial charge in [-0.2, -0.15) is 0 Å². The SMILES string of the molecule is CC/C=C\C/C=C\C/C=C\CCCCCCCC(=O)NC(CO)C(O)/C=C/CC/C=C/CC/C=C/CCCCCCCCCCCCCCCCCCCCC. The molecule has 0 bridgehead atoms. The van der Waals surface area contributed by atoms with E-state index in [0.29, 0.717) is 6.42 Å². The van der Waals surface area contributed by atoms with Crippen molar-refractivity contribution in [2.24, 2.45) is 0 Å². The highest BCUT2D eigenvalue weighted by molar-refractivity contribution is 5.76. The lowest BCUT2D eigenvalue weighted by molar-refractivity contribution is -0.123. The van der Waals surface area contributed by atoms with E-state index in [1.165, 1.54) is 141 Å². The Balaban J connectivity index is 3.61. The van der Waals surface area contributed by atoms with Gasteiger partial charge in [0.1, 0.15) is 0 Å². The topological polar surface area (TPSA) is 69.6 Å². The first-order chi connectivity index (χ1) is 27.7. The molecule has 4 nitrogen and oxygen atoms in total. The minimum atomic E-state index is -0.881. The van der Waals surface area contributed by atoms with Crippen molar-refractivity contribution >= 4 is 5.91 Å². The molecule has 4 heteroatoms. The monoisotopic (exact) mass is 780 g/mol. The van der Waals surface area contributed by atoms with Crippen LogP contribution in [0.3, 0.4) is 0 Å². The van der Waals surface area contributed by atoms with Crippen LogP contribution in [0, 0.1) is 0 Å². The van der Waals surface area contributed by atoms with Gasteiger partial charge in [0.15, 0.2) is 0 Å². The molecule has 0 aromatic carbocycles. The van der Waals surface area contributed by atoms with Crippen molar-refractivity contribution in [3.63, 3.8) is 0 Å². The second-order valence-corrected chi connectivity index (χ2v) is 16.1. The fraction of sp³-hybridized carbons (Fsp3) is 0.750. The first kappa shape index (κ1) is 53.8. The van der Waals surface area contributed by atoms with Crippen LogP contribution in [0.2, 0.25) is 0 Å². The molecule has 0 spiro atoms. The van der Waals surface area contributed by atoms with Gasteiger partial charge in [-0.3, -0.25) is 4.79 Å². The molecular weight excluding hydrogens is 687 g/mol. The number of hydrogen-bond acceptors (Lipinski definition) is 3. The Kier molecular flexibility index (Phi) is 45.4. The van der Waals surface area contributed by atoms with Gasteiger partial charge < -0.3 is 15.5 Å². The Hall–Kier alpha value is -2.17. The lowest BCUT2D eigenvalue weighted by Crippen LogP contribution is -2.45. The van der Waals surface area contributed by atoms with Crippen molar-refractivity contribution in [2.45, 2.75) is 244 Å². The van der Waals surface area contributed by atoms with Crippen molar-refractivity contribution < 1.29 is 15.0 Å². The molecule has 0 aromatic rings. The lowest BCUT2D eigenvalue weighted by Gasteiger charge is -2.19. The third-order valence-corrected chi connectivity index (χ3v) is 10.7. The van der Waals surface area contributed by atoms with Crippen LogP contribution in [0.25, 0.3) is 0 Å². The maximum absolute atomic E-state index is 12.4. The summed E-state index contributed by atoms with van der Waals surface area (Å²) in [7, 11) is 0. The van der Waals surface area contributed by atoms with E-state index in [-0.39, 0.29) is 12.5 Å². The smallest absolute Gasteiger partial charge is 0.220 e. The van der Waals surface area contributed by atoms with Gasteiger partial charge in [-0.1, -0.05) is 222 Å². The molecule has 0 aliphatic rings. The summed E-state index contributed by atoms with van der Waals surface area (Å²) in [6, 6.07) is -0.658.